The number of rotatable bonds is 5. The third kappa shape index (κ3) is 5.61. The Kier molecular flexibility index (Phi) is 6.95. The fourth-order valence-electron chi connectivity index (χ4n) is 2.54. The van der Waals surface area contributed by atoms with E-state index in [0.717, 1.165) is 10.9 Å². The van der Waals surface area contributed by atoms with Gasteiger partial charge in [0.05, 0.1) is 5.52 Å². The summed E-state index contributed by atoms with van der Waals surface area (Å²) >= 11 is 7.90. The highest BCUT2D eigenvalue weighted by atomic mass is 35.5. The van der Waals surface area contributed by atoms with Gasteiger partial charge in [0.2, 0.25) is 5.88 Å². The second kappa shape index (κ2) is 9.62. The van der Waals surface area contributed by atoms with Gasteiger partial charge >= 0.3 is 5.97 Å². The molecule has 3 aromatic rings. The average Bonchev–Trinajstić information content (AvgIpc) is 2.60. The molecule has 152 valence electrons. The van der Waals surface area contributed by atoms with Gasteiger partial charge in [-0.15, -0.1) is 0 Å². The van der Waals surface area contributed by atoms with Crippen LogP contribution in [0.4, 0.5) is 17.2 Å². The van der Waals surface area contributed by atoms with Crippen molar-refractivity contribution in [3.63, 3.8) is 0 Å². The molecule has 10 heteroatoms. The van der Waals surface area contributed by atoms with E-state index in [0.29, 0.717) is 22.7 Å². The van der Waals surface area contributed by atoms with Crippen LogP contribution in [0.3, 0.4) is 0 Å². The number of aliphatic carboxylic acids is 1. The number of nitrogens with zero attached hydrogens (tertiary/aromatic N) is 3. The van der Waals surface area contributed by atoms with Gasteiger partial charge in [0.25, 0.3) is 0 Å². The quantitative estimate of drug-likeness (QED) is 0.406. The Bertz CT molecular complexity index is 1030. The smallest absolute Gasteiger partial charge is 0.341 e. The summed E-state index contributed by atoms with van der Waals surface area (Å²) in [6.45, 7) is 1.36. The van der Waals surface area contributed by atoms with Crippen molar-refractivity contribution in [2.75, 3.05) is 29.2 Å². The van der Waals surface area contributed by atoms with Crippen LogP contribution in [0.1, 0.15) is 12.0 Å². The Morgan fingerprint density at radius 3 is 2.72 bits per heavy atom. The molecule has 0 aliphatic carbocycles. The first-order valence-electron chi connectivity index (χ1n) is 8.81. The number of pyridine rings is 1. The fourth-order valence-corrected chi connectivity index (χ4v) is 2.97. The monoisotopic (exact) mass is 433 g/mol. The lowest BCUT2D eigenvalue weighted by molar-refractivity contribution is -0.139. The van der Waals surface area contributed by atoms with Crippen LogP contribution in [0, 0.1) is 6.92 Å². The van der Waals surface area contributed by atoms with Crippen molar-refractivity contribution in [1.82, 2.24) is 15.0 Å². The van der Waals surface area contributed by atoms with Crippen molar-refractivity contribution in [2.45, 2.75) is 13.3 Å². The van der Waals surface area contributed by atoms with Gasteiger partial charge in [-0.3, -0.25) is 0 Å². The number of carboxylic acids is 1. The average molecular weight is 434 g/mol. The highest BCUT2D eigenvalue weighted by Crippen LogP contribution is 2.31. The molecule has 2 aromatic heterocycles. The van der Waals surface area contributed by atoms with Crippen molar-refractivity contribution in [3.8, 4) is 5.88 Å². The first kappa shape index (κ1) is 20.9. The van der Waals surface area contributed by atoms with Gasteiger partial charge in [0, 0.05) is 11.1 Å². The number of fused-ring (bicyclic) bond motifs is 1. The number of anilines is 3. The van der Waals surface area contributed by atoms with E-state index >= 15 is 0 Å². The number of carbonyl (C=O) groups is 1. The van der Waals surface area contributed by atoms with Crippen LogP contribution in [0.2, 0.25) is 5.15 Å². The summed E-state index contributed by atoms with van der Waals surface area (Å²) in [5.74, 6) is 2.30. The molecule has 0 atom stereocenters. The minimum atomic E-state index is -1.12. The Labute approximate surface area is 176 Å². The van der Waals surface area contributed by atoms with Gasteiger partial charge in [-0.1, -0.05) is 11.6 Å². The number of nitrogens with one attached hydrogen (secondary N) is 1. The van der Waals surface area contributed by atoms with Crippen molar-refractivity contribution in [3.05, 3.63) is 41.3 Å². The number of nitrogens with two attached hydrogens (primary N) is 1. The van der Waals surface area contributed by atoms with Crippen molar-refractivity contribution in [2.24, 2.45) is 0 Å². The molecule has 29 heavy (non-hydrogen) atoms. The maximum Gasteiger partial charge on any atom is 0.341 e. The molecule has 4 N–H and O–H groups in total. The molecule has 0 radical (unpaired) electrons. The van der Waals surface area contributed by atoms with Crippen molar-refractivity contribution in [1.29, 1.82) is 0 Å². The van der Waals surface area contributed by atoms with E-state index in [2.05, 4.69) is 20.3 Å². The van der Waals surface area contributed by atoms with E-state index in [1.54, 1.807) is 18.2 Å². The topological polar surface area (TPSA) is 123 Å². The Morgan fingerprint density at radius 1 is 1.34 bits per heavy atom. The molecule has 0 bridgehead atoms. The lowest BCUT2D eigenvalue weighted by Gasteiger charge is -2.13. The minimum absolute atomic E-state index is 0.0646. The molecular weight excluding hydrogens is 414 g/mol. The third-order valence-corrected chi connectivity index (χ3v) is 5.31. The zero-order valence-corrected chi connectivity index (χ0v) is 17.3. The van der Waals surface area contributed by atoms with Crippen molar-refractivity contribution < 1.29 is 14.6 Å². The molecule has 1 saturated heterocycles. The molecule has 1 aliphatic rings. The zero-order chi connectivity index (χ0) is 20.8. The lowest BCUT2D eigenvalue weighted by atomic mass is 10.1. The van der Waals surface area contributed by atoms with Crippen molar-refractivity contribution >= 4 is 57.4 Å². The Hall–Kier alpha value is -2.78. The van der Waals surface area contributed by atoms with E-state index in [-0.39, 0.29) is 11.0 Å². The highest BCUT2D eigenvalue weighted by molar-refractivity contribution is 8.00. The maximum absolute atomic E-state index is 10.7. The van der Waals surface area contributed by atoms with Gasteiger partial charge in [-0.05, 0) is 54.7 Å². The molecule has 8 nitrogen and oxygen atoms in total. The summed E-state index contributed by atoms with van der Waals surface area (Å²) in [6, 6.07) is 6.76. The summed E-state index contributed by atoms with van der Waals surface area (Å²) in [7, 11) is 0. The molecule has 1 fully saturated rings. The number of benzene rings is 1. The zero-order valence-electron chi connectivity index (χ0n) is 15.7. The lowest BCUT2D eigenvalue weighted by Crippen LogP contribution is -2.11. The second-order valence-corrected chi connectivity index (χ2v) is 7.83. The molecule has 4 rings (SSSR count). The summed E-state index contributed by atoms with van der Waals surface area (Å²) in [6.07, 6.45) is 2.87. The van der Waals surface area contributed by atoms with Crippen LogP contribution < -0.4 is 15.8 Å². The Morgan fingerprint density at radius 2 is 2.07 bits per heavy atom. The SMILES string of the molecule is C1CSC1.Cc1cc(N)cc2ncnc(Nc3ccc(Cl)nc3OCC(=O)O)c12. The van der Waals surface area contributed by atoms with Gasteiger partial charge < -0.3 is 20.9 Å². The van der Waals surface area contributed by atoms with Gasteiger partial charge in [-0.25, -0.2) is 14.8 Å². The van der Waals surface area contributed by atoms with Crippen LogP contribution in [0.15, 0.2) is 30.6 Å². The largest absolute Gasteiger partial charge is 0.479 e. The summed E-state index contributed by atoms with van der Waals surface area (Å²) in [5, 5.41) is 12.9. The number of thioether (sulfide) groups is 1. The van der Waals surface area contributed by atoms with Crippen LogP contribution in [-0.4, -0.2) is 44.1 Å². The number of hydrogen-bond acceptors (Lipinski definition) is 8. The number of carboxylic acid groups (broad SMARTS) is 1. The van der Waals surface area contributed by atoms with Crippen LogP contribution in [0.25, 0.3) is 10.9 Å². The normalized spacial score (nSPS) is 12.5. The molecule has 0 saturated carbocycles. The standard InChI is InChI=1S/C16H14ClN5O3.C3H6S/c1-8-4-9(18)5-11-14(8)15(20-7-19-11)21-10-2-3-12(17)22-16(10)25-6-13(23)24;1-2-4-3-1/h2-5,7H,6,18H2,1H3,(H,23,24)(H,19,20,21);1-3H2. The molecule has 1 aliphatic heterocycles. The van der Waals surface area contributed by atoms with Gasteiger partial charge in [0.1, 0.15) is 23.0 Å². The number of ether oxygens (including phenoxy) is 1. The van der Waals surface area contributed by atoms with Crippen LogP contribution in [0.5, 0.6) is 5.88 Å². The summed E-state index contributed by atoms with van der Waals surface area (Å²) < 4.78 is 5.19. The van der Waals surface area contributed by atoms with Gasteiger partial charge in [-0.2, -0.15) is 16.7 Å². The van der Waals surface area contributed by atoms with Crippen LogP contribution in [-0.2, 0) is 4.79 Å². The predicted molar refractivity (Wildman–Crippen MR) is 116 cm³/mol. The molecule has 0 amide bonds. The number of hydrogen-bond donors (Lipinski definition) is 3. The first-order chi connectivity index (χ1) is 13.9. The van der Waals surface area contributed by atoms with E-state index in [1.165, 1.54) is 24.3 Å². The summed E-state index contributed by atoms with van der Waals surface area (Å²) in [4.78, 5) is 23.2. The fraction of sp³-hybridized carbons (Fsp3) is 0.263. The van der Waals surface area contributed by atoms with Crippen LogP contribution >= 0.6 is 23.4 Å². The summed E-state index contributed by atoms with van der Waals surface area (Å²) in [5.41, 5.74) is 8.47. The second-order valence-electron chi connectivity index (χ2n) is 6.21. The molecule has 0 spiro atoms. The molecule has 3 heterocycles. The Balaban J connectivity index is 0.000000536. The van der Waals surface area contributed by atoms with E-state index in [9.17, 15) is 4.79 Å². The number of aromatic nitrogens is 3. The van der Waals surface area contributed by atoms with Gasteiger partial charge in [0.15, 0.2) is 6.61 Å². The number of aryl methyl sites for hydroxylation is 1. The van der Waals surface area contributed by atoms with E-state index in [1.807, 2.05) is 24.8 Å². The molecule has 1 aromatic carbocycles. The first-order valence-corrected chi connectivity index (χ1v) is 10.3. The third-order valence-electron chi connectivity index (χ3n) is 3.95. The molecule has 0 unspecified atom stereocenters. The molecular formula is C19H20ClN5O3S. The van der Waals surface area contributed by atoms with E-state index in [4.69, 9.17) is 27.2 Å². The predicted octanol–water partition coefficient (Wildman–Crippen LogP) is 3.90. The maximum atomic E-state index is 10.7. The highest BCUT2D eigenvalue weighted by Gasteiger charge is 2.13. The number of halogens is 1. The number of nitrogen functional groups attached to an aromatic ring is 1. The van der Waals surface area contributed by atoms with E-state index < -0.39 is 12.6 Å². The minimum Gasteiger partial charge on any atom is -0.479 e.